The third kappa shape index (κ3) is 3.26. The van der Waals surface area contributed by atoms with Gasteiger partial charge in [-0.05, 0) is 25.3 Å². The van der Waals surface area contributed by atoms with E-state index in [1.54, 1.807) is 13.2 Å². The zero-order chi connectivity index (χ0) is 18.1. The van der Waals surface area contributed by atoms with Crippen molar-refractivity contribution in [3.05, 3.63) is 45.4 Å². The van der Waals surface area contributed by atoms with E-state index in [0.29, 0.717) is 31.2 Å². The molecule has 0 unspecified atom stereocenters. The van der Waals surface area contributed by atoms with E-state index in [4.69, 9.17) is 9.72 Å². The highest BCUT2D eigenvalue weighted by molar-refractivity contribution is 5.40. The summed E-state index contributed by atoms with van der Waals surface area (Å²) in [5, 5.41) is 10.2. The van der Waals surface area contributed by atoms with Gasteiger partial charge >= 0.3 is 0 Å². The molecule has 7 nitrogen and oxygen atoms in total. The van der Waals surface area contributed by atoms with E-state index in [1.165, 1.54) is 0 Å². The number of benzene rings is 1. The first-order chi connectivity index (χ1) is 12.6. The number of methoxy groups -OCH3 is 1. The molecule has 7 heteroatoms. The lowest BCUT2D eigenvalue weighted by molar-refractivity contribution is 0.237. The maximum Gasteiger partial charge on any atom is 0.255 e. The normalized spacial score (nSPS) is 17.3. The van der Waals surface area contributed by atoms with E-state index in [1.807, 2.05) is 12.1 Å². The summed E-state index contributed by atoms with van der Waals surface area (Å²) in [6.07, 6.45) is 2.96. The summed E-state index contributed by atoms with van der Waals surface area (Å²) in [6.45, 7) is 3.90. The quantitative estimate of drug-likeness (QED) is 0.867. The number of nitrogens with one attached hydrogen (secondary N) is 1. The van der Waals surface area contributed by atoms with Crippen molar-refractivity contribution in [3.8, 4) is 11.5 Å². The van der Waals surface area contributed by atoms with E-state index in [2.05, 4.69) is 14.8 Å². The first-order valence-electron chi connectivity index (χ1n) is 9.09. The van der Waals surface area contributed by atoms with Crippen LogP contribution in [0.15, 0.2) is 23.0 Å². The summed E-state index contributed by atoms with van der Waals surface area (Å²) in [7, 11) is 1.58. The summed E-state index contributed by atoms with van der Waals surface area (Å²) >= 11 is 0. The molecule has 2 aliphatic heterocycles. The molecule has 0 radical (unpaired) electrons. The number of rotatable bonds is 4. The molecule has 1 fully saturated rings. The fourth-order valence-corrected chi connectivity index (χ4v) is 3.74. The van der Waals surface area contributed by atoms with Gasteiger partial charge in [-0.3, -0.25) is 14.7 Å². The van der Waals surface area contributed by atoms with E-state index in [0.717, 1.165) is 49.3 Å². The van der Waals surface area contributed by atoms with Crippen molar-refractivity contribution < 1.29 is 9.84 Å². The zero-order valence-electron chi connectivity index (χ0n) is 15.0. The van der Waals surface area contributed by atoms with Gasteiger partial charge in [-0.1, -0.05) is 6.07 Å². The number of hydrogen-bond acceptors (Lipinski definition) is 6. The van der Waals surface area contributed by atoms with Crippen LogP contribution < -0.4 is 15.2 Å². The molecule has 26 heavy (non-hydrogen) atoms. The molecule has 0 bridgehead atoms. The number of ether oxygens (including phenoxy) is 1. The Morgan fingerprint density at radius 1 is 1.27 bits per heavy atom. The molecule has 4 rings (SSSR count). The van der Waals surface area contributed by atoms with Gasteiger partial charge in [0.05, 0.1) is 12.8 Å². The second-order valence-electron chi connectivity index (χ2n) is 6.96. The second kappa shape index (κ2) is 6.99. The fraction of sp³-hybridized carbons (Fsp3) is 0.474. The largest absolute Gasteiger partial charge is 0.507 e. The number of aromatic amines is 1. The van der Waals surface area contributed by atoms with Crippen molar-refractivity contribution in [2.75, 3.05) is 31.6 Å². The first kappa shape index (κ1) is 16.9. The number of anilines is 1. The van der Waals surface area contributed by atoms with Crippen LogP contribution in [0.4, 0.5) is 5.95 Å². The van der Waals surface area contributed by atoms with Crippen LogP contribution in [0.25, 0.3) is 0 Å². The molecule has 0 saturated carbocycles. The van der Waals surface area contributed by atoms with Gasteiger partial charge in [-0.15, -0.1) is 0 Å². The van der Waals surface area contributed by atoms with Crippen molar-refractivity contribution in [1.82, 2.24) is 14.9 Å². The molecule has 0 aliphatic carbocycles. The number of hydrogen-bond donors (Lipinski definition) is 2. The van der Waals surface area contributed by atoms with E-state index in [-0.39, 0.29) is 11.3 Å². The molecule has 2 N–H and O–H groups in total. The van der Waals surface area contributed by atoms with Crippen LogP contribution in [0, 0.1) is 0 Å². The van der Waals surface area contributed by atoms with Gasteiger partial charge in [0.1, 0.15) is 11.5 Å². The van der Waals surface area contributed by atoms with E-state index < -0.39 is 0 Å². The molecule has 3 heterocycles. The number of aromatic hydroxyl groups is 1. The minimum Gasteiger partial charge on any atom is -0.507 e. The van der Waals surface area contributed by atoms with Crippen molar-refractivity contribution in [2.24, 2.45) is 0 Å². The maximum absolute atomic E-state index is 12.4. The monoisotopic (exact) mass is 356 g/mol. The predicted octanol–water partition coefficient (Wildman–Crippen LogP) is 1.64. The molecule has 2 aromatic rings. The summed E-state index contributed by atoms with van der Waals surface area (Å²) < 4.78 is 5.14. The molecule has 1 aromatic carbocycles. The number of H-pyrrole nitrogens is 1. The number of aromatic nitrogens is 2. The topological polar surface area (TPSA) is 81.7 Å². The molecule has 1 aromatic heterocycles. The van der Waals surface area contributed by atoms with Crippen LogP contribution in [-0.2, 0) is 19.5 Å². The van der Waals surface area contributed by atoms with Crippen LogP contribution in [0.2, 0.25) is 0 Å². The summed E-state index contributed by atoms with van der Waals surface area (Å²) in [6, 6.07) is 5.35. The molecule has 0 amide bonds. The van der Waals surface area contributed by atoms with Crippen LogP contribution in [0.1, 0.15) is 29.7 Å². The third-order valence-corrected chi connectivity index (χ3v) is 5.23. The number of phenols is 1. The maximum atomic E-state index is 12.4. The van der Waals surface area contributed by atoms with Crippen molar-refractivity contribution in [3.63, 3.8) is 0 Å². The Morgan fingerprint density at radius 2 is 2.08 bits per heavy atom. The van der Waals surface area contributed by atoms with Gasteiger partial charge in [-0.25, -0.2) is 4.98 Å². The summed E-state index contributed by atoms with van der Waals surface area (Å²) in [4.78, 5) is 24.5. The Labute approximate surface area is 152 Å². The van der Waals surface area contributed by atoms with Crippen molar-refractivity contribution >= 4 is 5.95 Å². The van der Waals surface area contributed by atoms with E-state index in [9.17, 15) is 9.90 Å². The zero-order valence-corrected chi connectivity index (χ0v) is 15.0. The average Bonchev–Trinajstić information content (AvgIpc) is 3.18. The second-order valence-corrected chi connectivity index (χ2v) is 6.96. The Hall–Kier alpha value is -2.54. The van der Waals surface area contributed by atoms with Gasteiger partial charge in [-0.2, -0.15) is 0 Å². The predicted molar refractivity (Wildman–Crippen MR) is 98.8 cm³/mol. The Morgan fingerprint density at radius 3 is 2.81 bits per heavy atom. The van der Waals surface area contributed by atoms with Crippen LogP contribution in [-0.4, -0.2) is 46.7 Å². The smallest absolute Gasteiger partial charge is 0.255 e. The number of fused-ring (bicyclic) bond motifs is 1. The molecular weight excluding hydrogens is 332 g/mol. The standard InChI is InChI=1S/C19H24N4O3/c1-26-14-5-4-13(17(24)10-14)11-22-9-6-15-16(12-22)20-19(21-18(15)25)23-7-2-3-8-23/h4-5,10,24H,2-3,6-9,11-12H2,1H3,(H,20,21,25). The van der Waals surface area contributed by atoms with E-state index >= 15 is 0 Å². The summed E-state index contributed by atoms with van der Waals surface area (Å²) in [5.41, 5.74) is 2.49. The van der Waals surface area contributed by atoms with Gasteiger partial charge in [0.2, 0.25) is 5.95 Å². The SMILES string of the molecule is COc1ccc(CN2CCc3c(nc(N4CCCC4)[nH]c3=O)C2)c(O)c1. The minimum atomic E-state index is -0.0103. The van der Waals surface area contributed by atoms with Gasteiger partial charge in [0.25, 0.3) is 5.56 Å². The lowest BCUT2D eigenvalue weighted by Gasteiger charge is -2.28. The Kier molecular flexibility index (Phi) is 4.55. The summed E-state index contributed by atoms with van der Waals surface area (Å²) in [5.74, 6) is 1.56. The van der Waals surface area contributed by atoms with Crippen LogP contribution in [0.3, 0.4) is 0 Å². The Balaban J connectivity index is 1.54. The van der Waals surface area contributed by atoms with Crippen LogP contribution in [0.5, 0.6) is 11.5 Å². The molecule has 138 valence electrons. The molecule has 0 atom stereocenters. The highest BCUT2D eigenvalue weighted by atomic mass is 16.5. The molecule has 2 aliphatic rings. The highest BCUT2D eigenvalue weighted by Gasteiger charge is 2.24. The van der Waals surface area contributed by atoms with Gasteiger partial charge in [0.15, 0.2) is 0 Å². The highest BCUT2D eigenvalue weighted by Crippen LogP contribution is 2.26. The lowest BCUT2D eigenvalue weighted by Crippen LogP contribution is -2.36. The molecule has 0 spiro atoms. The fourth-order valence-electron chi connectivity index (χ4n) is 3.74. The van der Waals surface area contributed by atoms with Crippen molar-refractivity contribution in [1.29, 1.82) is 0 Å². The van der Waals surface area contributed by atoms with Crippen molar-refractivity contribution in [2.45, 2.75) is 32.4 Å². The third-order valence-electron chi connectivity index (χ3n) is 5.23. The van der Waals surface area contributed by atoms with Crippen LogP contribution >= 0.6 is 0 Å². The first-order valence-corrected chi connectivity index (χ1v) is 9.09. The molecule has 1 saturated heterocycles. The van der Waals surface area contributed by atoms with Gasteiger partial charge in [0, 0.05) is 49.9 Å². The number of phenolic OH excluding ortho intramolecular Hbond substituents is 1. The average molecular weight is 356 g/mol. The van der Waals surface area contributed by atoms with Gasteiger partial charge < -0.3 is 14.7 Å². The lowest BCUT2D eigenvalue weighted by atomic mass is 10.1. The Bertz CT molecular complexity index is 858. The minimum absolute atomic E-state index is 0.0103. The molecular formula is C19H24N4O3. The number of nitrogens with zero attached hydrogens (tertiary/aromatic N) is 3.